The monoisotopic (exact) mass is 375 g/mol. The lowest BCUT2D eigenvalue weighted by Gasteiger charge is -2.12. The number of hydrogen-bond acceptors (Lipinski definition) is 5. The van der Waals surface area contributed by atoms with Crippen molar-refractivity contribution in [3.63, 3.8) is 0 Å². The molecule has 0 saturated heterocycles. The second-order valence-corrected chi connectivity index (χ2v) is 7.13. The molecule has 6 heteroatoms. The van der Waals surface area contributed by atoms with Gasteiger partial charge < -0.3 is 9.64 Å². The van der Waals surface area contributed by atoms with Crippen LogP contribution in [0.3, 0.4) is 0 Å². The van der Waals surface area contributed by atoms with E-state index < -0.39 is 0 Å². The van der Waals surface area contributed by atoms with Crippen molar-refractivity contribution in [1.82, 2.24) is 9.97 Å². The number of benzene rings is 1. The molecule has 1 atom stereocenters. The summed E-state index contributed by atoms with van der Waals surface area (Å²) >= 11 is 1.60. The molecule has 0 saturated carbocycles. The molecule has 3 rings (SSSR count). The van der Waals surface area contributed by atoms with Crippen LogP contribution >= 0.6 is 11.3 Å². The van der Waals surface area contributed by atoms with Gasteiger partial charge in [0.15, 0.2) is 0 Å². The predicted octanol–water partition coefficient (Wildman–Crippen LogP) is 5.58. The van der Waals surface area contributed by atoms with E-state index in [0.29, 0.717) is 13.1 Å². The van der Waals surface area contributed by atoms with Gasteiger partial charge in [0.05, 0.1) is 13.3 Å². The van der Waals surface area contributed by atoms with Crippen LogP contribution in [0.15, 0.2) is 36.4 Å². The molecule has 0 aliphatic heterocycles. The Morgan fingerprint density at radius 2 is 1.77 bits per heavy atom. The number of halogens is 1. The molecule has 0 aliphatic carbocycles. The van der Waals surface area contributed by atoms with E-state index in [0.717, 1.165) is 33.8 Å². The lowest BCUT2D eigenvalue weighted by atomic mass is 10.2. The van der Waals surface area contributed by atoms with E-state index in [1.165, 1.54) is 5.69 Å². The SMILES string of the molecule is CCCC(C)Oc1ccc2nc(-c3ccc(N(C)C)cc3)sc2n1.CF. The van der Waals surface area contributed by atoms with Crippen LogP contribution in [0.2, 0.25) is 0 Å². The molecule has 2 aromatic heterocycles. The Balaban J connectivity index is 0.00000117. The fourth-order valence-corrected chi connectivity index (χ4v) is 3.50. The van der Waals surface area contributed by atoms with Gasteiger partial charge in [-0.2, -0.15) is 0 Å². The first-order valence-electron chi connectivity index (χ1n) is 8.66. The molecule has 26 heavy (non-hydrogen) atoms. The van der Waals surface area contributed by atoms with Crippen LogP contribution in [-0.4, -0.2) is 37.3 Å². The zero-order valence-corrected chi connectivity index (χ0v) is 16.8. The number of aromatic nitrogens is 2. The second kappa shape index (κ2) is 9.48. The Morgan fingerprint density at radius 1 is 1.08 bits per heavy atom. The maximum atomic E-state index is 9.50. The first-order chi connectivity index (χ1) is 12.6. The normalized spacial score (nSPS) is 11.6. The van der Waals surface area contributed by atoms with Crippen LogP contribution in [0, 0.1) is 0 Å². The molecule has 0 aliphatic rings. The van der Waals surface area contributed by atoms with Crippen molar-refractivity contribution in [3.05, 3.63) is 36.4 Å². The minimum Gasteiger partial charge on any atom is -0.475 e. The van der Waals surface area contributed by atoms with Crippen LogP contribution < -0.4 is 9.64 Å². The molecule has 1 aromatic carbocycles. The second-order valence-electron chi connectivity index (χ2n) is 6.15. The number of hydrogen-bond donors (Lipinski definition) is 0. The van der Waals surface area contributed by atoms with Gasteiger partial charge in [-0.15, -0.1) is 0 Å². The highest BCUT2D eigenvalue weighted by Gasteiger charge is 2.10. The molecule has 140 valence electrons. The van der Waals surface area contributed by atoms with Gasteiger partial charge in [0.1, 0.15) is 15.4 Å². The summed E-state index contributed by atoms with van der Waals surface area (Å²) in [7, 11) is 4.58. The van der Waals surface area contributed by atoms with Crippen LogP contribution in [-0.2, 0) is 0 Å². The molecule has 2 heterocycles. The molecule has 0 N–H and O–H groups in total. The van der Waals surface area contributed by atoms with Crippen molar-refractivity contribution in [2.45, 2.75) is 32.8 Å². The molecule has 3 aromatic rings. The highest BCUT2D eigenvalue weighted by molar-refractivity contribution is 7.21. The van der Waals surface area contributed by atoms with Gasteiger partial charge in [-0.25, -0.2) is 9.97 Å². The number of anilines is 1. The van der Waals surface area contributed by atoms with E-state index >= 15 is 0 Å². The lowest BCUT2D eigenvalue weighted by Crippen LogP contribution is -2.11. The Labute approximate surface area is 158 Å². The van der Waals surface area contributed by atoms with Crippen molar-refractivity contribution in [1.29, 1.82) is 0 Å². The minimum atomic E-state index is 0.186. The highest BCUT2D eigenvalue weighted by atomic mass is 32.1. The summed E-state index contributed by atoms with van der Waals surface area (Å²) in [5.41, 5.74) is 3.21. The van der Waals surface area contributed by atoms with E-state index in [4.69, 9.17) is 9.72 Å². The Hall–Kier alpha value is -2.21. The van der Waals surface area contributed by atoms with Gasteiger partial charge in [0.2, 0.25) is 5.88 Å². The standard InChI is InChI=1S/C19H23N3OS.CH3F/c1-5-6-13(2)23-17-12-11-16-19(21-17)24-18(20-16)14-7-9-15(10-8-14)22(3)4;1-2/h7-13H,5-6H2,1-4H3;1H3. The summed E-state index contributed by atoms with van der Waals surface area (Å²) in [4.78, 5) is 12.3. The summed E-state index contributed by atoms with van der Waals surface area (Å²) in [6, 6.07) is 12.3. The van der Waals surface area contributed by atoms with Crippen LogP contribution in [0.4, 0.5) is 10.1 Å². The Bertz CT molecular complexity index is 818. The summed E-state index contributed by atoms with van der Waals surface area (Å²) < 4.78 is 15.4. The van der Waals surface area contributed by atoms with E-state index in [1.54, 1.807) is 11.3 Å². The summed E-state index contributed by atoms with van der Waals surface area (Å²) in [5, 5.41) is 0.988. The van der Waals surface area contributed by atoms with Crippen LogP contribution in [0.5, 0.6) is 5.88 Å². The van der Waals surface area contributed by atoms with Gasteiger partial charge in [0.25, 0.3) is 0 Å². The smallest absolute Gasteiger partial charge is 0.214 e. The Kier molecular flexibility index (Phi) is 7.33. The molecular formula is C20H26FN3OS. The predicted molar refractivity (Wildman–Crippen MR) is 109 cm³/mol. The van der Waals surface area contributed by atoms with Crippen LogP contribution in [0.25, 0.3) is 20.9 Å². The zero-order chi connectivity index (χ0) is 19.1. The minimum absolute atomic E-state index is 0.186. The van der Waals surface area contributed by atoms with Gasteiger partial charge in [-0.1, -0.05) is 24.7 Å². The van der Waals surface area contributed by atoms with Crippen molar-refractivity contribution >= 4 is 27.4 Å². The number of thiazole rings is 1. The fourth-order valence-electron chi connectivity index (χ4n) is 2.56. The molecule has 0 radical (unpaired) electrons. The van der Waals surface area contributed by atoms with Gasteiger partial charge in [-0.05, 0) is 43.7 Å². The highest BCUT2D eigenvalue weighted by Crippen LogP contribution is 2.31. The maximum absolute atomic E-state index is 9.50. The lowest BCUT2D eigenvalue weighted by molar-refractivity contribution is 0.202. The average molecular weight is 376 g/mol. The number of fused-ring (bicyclic) bond motifs is 1. The fraction of sp³-hybridized carbons (Fsp3) is 0.400. The largest absolute Gasteiger partial charge is 0.475 e. The molecule has 0 spiro atoms. The van der Waals surface area contributed by atoms with Crippen molar-refractivity contribution < 1.29 is 9.13 Å². The van der Waals surface area contributed by atoms with Gasteiger partial charge in [0, 0.05) is 31.4 Å². The van der Waals surface area contributed by atoms with Crippen molar-refractivity contribution in [2.24, 2.45) is 0 Å². The third-order valence-corrected chi connectivity index (χ3v) is 4.89. The van der Waals surface area contributed by atoms with E-state index in [9.17, 15) is 4.39 Å². The van der Waals surface area contributed by atoms with Crippen molar-refractivity contribution in [3.8, 4) is 16.5 Å². The molecule has 1 unspecified atom stereocenters. The number of alkyl halides is 1. The first kappa shape index (κ1) is 20.1. The third-order valence-electron chi connectivity index (χ3n) is 3.88. The van der Waals surface area contributed by atoms with Crippen molar-refractivity contribution in [2.75, 3.05) is 26.2 Å². The third kappa shape index (κ3) is 4.91. The van der Waals surface area contributed by atoms with E-state index in [1.807, 2.05) is 26.2 Å². The topological polar surface area (TPSA) is 38.2 Å². The molecule has 0 bridgehead atoms. The van der Waals surface area contributed by atoms with Crippen LogP contribution in [0.1, 0.15) is 26.7 Å². The number of ether oxygens (including phenoxy) is 1. The quantitative estimate of drug-likeness (QED) is 0.564. The first-order valence-corrected chi connectivity index (χ1v) is 9.48. The molecule has 0 amide bonds. The van der Waals surface area contributed by atoms with Gasteiger partial charge in [-0.3, -0.25) is 4.39 Å². The molecule has 4 nitrogen and oxygen atoms in total. The Morgan fingerprint density at radius 3 is 2.38 bits per heavy atom. The average Bonchev–Trinajstić information content (AvgIpc) is 3.07. The van der Waals surface area contributed by atoms with E-state index in [2.05, 4.69) is 48.0 Å². The number of nitrogens with zero attached hydrogens (tertiary/aromatic N) is 3. The van der Waals surface area contributed by atoms with E-state index in [-0.39, 0.29) is 6.10 Å². The summed E-state index contributed by atoms with van der Waals surface area (Å²) in [5.74, 6) is 0.682. The molecule has 0 fully saturated rings. The summed E-state index contributed by atoms with van der Waals surface area (Å²) in [6.45, 7) is 4.24. The van der Waals surface area contributed by atoms with Gasteiger partial charge >= 0.3 is 0 Å². The zero-order valence-electron chi connectivity index (χ0n) is 16.0. The number of pyridine rings is 1. The number of rotatable bonds is 6. The maximum Gasteiger partial charge on any atom is 0.214 e. The summed E-state index contributed by atoms with van der Waals surface area (Å²) in [6.07, 6.45) is 2.33. The molecular weight excluding hydrogens is 349 g/mol.